The van der Waals surface area contributed by atoms with Crippen LogP contribution in [-0.2, 0) is 14.4 Å². The predicted octanol–water partition coefficient (Wildman–Crippen LogP) is 3.53. The fourth-order valence-electron chi connectivity index (χ4n) is 3.32. The molecule has 0 spiro atoms. The number of rotatable bonds is 10. The number of benzene rings is 2. The topological polar surface area (TPSA) is 94.0 Å². The van der Waals surface area contributed by atoms with Gasteiger partial charge in [-0.25, -0.2) is 4.79 Å². The quantitative estimate of drug-likeness (QED) is 0.513. The van der Waals surface area contributed by atoms with E-state index in [1.54, 1.807) is 40.4 Å². The Hall–Kier alpha value is -3.62. The van der Waals surface area contributed by atoms with Crippen LogP contribution in [0.25, 0.3) is 0 Å². The smallest absolute Gasteiger partial charge is 0.344 e. The van der Waals surface area contributed by atoms with Crippen molar-refractivity contribution in [3.05, 3.63) is 41.5 Å². The van der Waals surface area contributed by atoms with E-state index < -0.39 is 5.97 Å². The highest BCUT2D eigenvalue weighted by atomic mass is 16.6. The van der Waals surface area contributed by atoms with Crippen molar-refractivity contribution in [2.45, 2.75) is 19.4 Å². The largest absolute Gasteiger partial charge is 0.493 e. The molecule has 0 bridgehead atoms. The number of hydrogen-bond acceptors (Lipinski definition) is 9. The molecule has 2 aromatic carbocycles. The van der Waals surface area contributed by atoms with E-state index in [9.17, 15) is 4.79 Å². The molecule has 1 atom stereocenters. The van der Waals surface area contributed by atoms with Gasteiger partial charge in [-0.15, -0.1) is 0 Å². The summed E-state index contributed by atoms with van der Waals surface area (Å²) in [5.41, 5.74) is 2.37. The molecule has 172 valence electrons. The summed E-state index contributed by atoms with van der Waals surface area (Å²) in [6, 6.07) is 9.06. The minimum Gasteiger partial charge on any atom is -0.493 e. The SMILES string of the molecule is CCOC(=O)COc1cc(C2CC(c3cc(OC)c(OC)c(OC)c3)=NO2)ccc1OC. The van der Waals surface area contributed by atoms with Gasteiger partial charge in [-0.05, 0) is 36.8 Å². The number of methoxy groups -OCH3 is 4. The molecule has 1 aliphatic heterocycles. The van der Waals surface area contributed by atoms with Gasteiger partial charge >= 0.3 is 5.97 Å². The maximum atomic E-state index is 11.6. The minimum absolute atomic E-state index is 0.216. The van der Waals surface area contributed by atoms with Crippen LogP contribution in [-0.4, -0.2) is 53.3 Å². The Morgan fingerprint density at radius 2 is 1.66 bits per heavy atom. The summed E-state index contributed by atoms with van der Waals surface area (Å²) in [4.78, 5) is 17.3. The van der Waals surface area contributed by atoms with Crippen LogP contribution < -0.4 is 23.7 Å². The Labute approximate surface area is 186 Å². The second-order valence-electron chi connectivity index (χ2n) is 6.75. The first kappa shape index (κ1) is 23.1. The summed E-state index contributed by atoms with van der Waals surface area (Å²) in [5.74, 6) is 2.04. The first-order valence-electron chi connectivity index (χ1n) is 10.0. The molecule has 0 saturated heterocycles. The molecule has 0 aliphatic carbocycles. The van der Waals surface area contributed by atoms with Crippen LogP contribution >= 0.6 is 0 Å². The van der Waals surface area contributed by atoms with E-state index in [-0.39, 0.29) is 19.3 Å². The van der Waals surface area contributed by atoms with Crippen molar-refractivity contribution in [3.63, 3.8) is 0 Å². The maximum Gasteiger partial charge on any atom is 0.344 e. The van der Waals surface area contributed by atoms with Crippen molar-refractivity contribution in [1.29, 1.82) is 0 Å². The lowest BCUT2D eigenvalue weighted by Gasteiger charge is -2.15. The van der Waals surface area contributed by atoms with Crippen molar-refractivity contribution in [2.24, 2.45) is 5.16 Å². The number of ether oxygens (including phenoxy) is 6. The molecule has 1 aliphatic rings. The monoisotopic (exact) mass is 445 g/mol. The molecule has 0 radical (unpaired) electrons. The highest BCUT2D eigenvalue weighted by Gasteiger charge is 2.27. The maximum absolute atomic E-state index is 11.6. The summed E-state index contributed by atoms with van der Waals surface area (Å²) in [6.07, 6.45) is 0.183. The van der Waals surface area contributed by atoms with Gasteiger partial charge in [-0.2, -0.15) is 0 Å². The van der Waals surface area contributed by atoms with Gasteiger partial charge in [0.05, 0.1) is 40.8 Å². The predicted molar refractivity (Wildman–Crippen MR) is 116 cm³/mol. The lowest BCUT2D eigenvalue weighted by atomic mass is 9.99. The van der Waals surface area contributed by atoms with Crippen molar-refractivity contribution in [2.75, 3.05) is 41.7 Å². The van der Waals surface area contributed by atoms with Crippen LogP contribution in [0.15, 0.2) is 35.5 Å². The molecule has 0 saturated carbocycles. The Balaban J connectivity index is 1.79. The Morgan fingerprint density at radius 3 is 2.25 bits per heavy atom. The molecule has 9 nitrogen and oxygen atoms in total. The van der Waals surface area contributed by atoms with Crippen molar-refractivity contribution >= 4 is 11.7 Å². The molecular weight excluding hydrogens is 418 g/mol. The van der Waals surface area contributed by atoms with E-state index in [1.165, 1.54) is 7.11 Å². The van der Waals surface area contributed by atoms with E-state index in [4.69, 9.17) is 33.3 Å². The third-order valence-corrected chi connectivity index (χ3v) is 4.88. The summed E-state index contributed by atoms with van der Waals surface area (Å²) >= 11 is 0. The molecule has 0 N–H and O–H groups in total. The van der Waals surface area contributed by atoms with E-state index in [0.29, 0.717) is 35.2 Å². The van der Waals surface area contributed by atoms with Crippen molar-refractivity contribution < 1.29 is 38.1 Å². The van der Waals surface area contributed by atoms with Gasteiger partial charge in [0.25, 0.3) is 0 Å². The highest BCUT2D eigenvalue weighted by molar-refractivity contribution is 6.02. The minimum atomic E-state index is -0.454. The molecular formula is C23H27NO8. The summed E-state index contributed by atoms with van der Waals surface area (Å²) < 4.78 is 32.1. The van der Waals surface area contributed by atoms with E-state index >= 15 is 0 Å². The number of nitrogens with zero attached hydrogens (tertiary/aromatic N) is 1. The summed E-state index contributed by atoms with van der Waals surface area (Å²) in [6.45, 7) is 1.81. The van der Waals surface area contributed by atoms with Gasteiger partial charge in [0.15, 0.2) is 35.7 Å². The lowest BCUT2D eigenvalue weighted by Crippen LogP contribution is -2.15. The first-order chi connectivity index (χ1) is 15.5. The second kappa shape index (κ2) is 10.6. The van der Waals surface area contributed by atoms with Crippen LogP contribution in [0.4, 0.5) is 0 Å². The summed E-state index contributed by atoms with van der Waals surface area (Å²) in [7, 11) is 6.21. The average Bonchev–Trinajstić information content (AvgIpc) is 3.32. The van der Waals surface area contributed by atoms with Gasteiger partial charge in [0.1, 0.15) is 0 Å². The van der Waals surface area contributed by atoms with Crippen LogP contribution in [0.5, 0.6) is 28.7 Å². The van der Waals surface area contributed by atoms with Crippen molar-refractivity contribution in [1.82, 2.24) is 0 Å². The average molecular weight is 445 g/mol. The molecule has 0 aromatic heterocycles. The third kappa shape index (κ3) is 4.99. The Morgan fingerprint density at radius 1 is 0.969 bits per heavy atom. The molecule has 32 heavy (non-hydrogen) atoms. The molecule has 2 aromatic rings. The number of carbonyl (C=O) groups is 1. The number of esters is 1. The first-order valence-corrected chi connectivity index (χ1v) is 10.0. The van der Waals surface area contributed by atoms with Gasteiger partial charge in [0, 0.05) is 12.0 Å². The van der Waals surface area contributed by atoms with Crippen LogP contribution in [0.1, 0.15) is 30.6 Å². The van der Waals surface area contributed by atoms with Gasteiger partial charge in [0.2, 0.25) is 5.75 Å². The van der Waals surface area contributed by atoms with Crippen molar-refractivity contribution in [3.8, 4) is 28.7 Å². The van der Waals surface area contributed by atoms with Gasteiger partial charge in [-0.1, -0.05) is 11.2 Å². The second-order valence-corrected chi connectivity index (χ2v) is 6.75. The fraction of sp³-hybridized carbons (Fsp3) is 0.391. The molecule has 1 heterocycles. The third-order valence-electron chi connectivity index (χ3n) is 4.88. The highest BCUT2D eigenvalue weighted by Crippen LogP contribution is 2.41. The molecule has 3 rings (SSSR count). The standard InChI is InChI=1S/C23H27NO8/c1-6-30-22(25)13-31-19-9-14(7-8-17(19)26-2)18-12-16(24-32-18)15-10-20(27-3)23(29-5)21(11-15)28-4/h7-11,18H,6,12-13H2,1-5H3. The number of carbonyl (C=O) groups excluding carboxylic acids is 1. The normalized spacial score (nSPS) is 14.8. The fourth-order valence-corrected chi connectivity index (χ4v) is 3.32. The van der Waals surface area contributed by atoms with Gasteiger partial charge < -0.3 is 33.3 Å². The Bertz CT molecular complexity index is 963. The van der Waals surface area contributed by atoms with E-state index in [1.807, 2.05) is 18.2 Å². The van der Waals surface area contributed by atoms with Crippen LogP contribution in [0.3, 0.4) is 0 Å². The zero-order chi connectivity index (χ0) is 23.1. The van der Waals surface area contributed by atoms with Gasteiger partial charge in [-0.3, -0.25) is 0 Å². The molecule has 0 fully saturated rings. The number of hydrogen-bond donors (Lipinski definition) is 0. The molecule has 9 heteroatoms. The zero-order valence-corrected chi connectivity index (χ0v) is 18.8. The summed E-state index contributed by atoms with van der Waals surface area (Å²) in [5, 5.41) is 4.26. The van der Waals surface area contributed by atoms with E-state index in [2.05, 4.69) is 5.16 Å². The lowest BCUT2D eigenvalue weighted by molar-refractivity contribution is -0.145. The molecule has 1 unspecified atom stereocenters. The Kier molecular flexibility index (Phi) is 7.64. The zero-order valence-electron chi connectivity index (χ0n) is 18.8. The number of oxime groups is 1. The molecule has 0 amide bonds. The van der Waals surface area contributed by atoms with E-state index in [0.717, 1.165) is 16.8 Å². The van der Waals surface area contributed by atoms with Crippen LogP contribution in [0.2, 0.25) is 0 Å². The van der Waals surface area contributed by atoms with Crippen LogP contribution in [0, 0.1) is 0 Å².